The summed E-state index contributed by atoms with van der Waals surface area (Å²) in [6.07, 6.45) is 3.79. The Balaban J connectivity index is 0.000000500. The van der Waals surface area contributed by atoms with Crippen molar-refractivity contribution in [2.45, 2.75) is 19.8 Å². The van der Waals surface area contributed by atoms with E-state index >= 15 is 0 Å². The summed E-state index contributed by atoms with van der Waals surface area (Å²) in [6.45, 7) is 2.28. The van der Waals surface area contributed by atoms with Crippen molar-refractivity contribution in [3.05, 3.63) is 29.6 Å². The van der Waals surface area contributed by atoms with Crippen molar-refractivity contribution in [3.63, 3.8) is 0 Å². The Bertz CT molecular complexity index is 276. The third-order valence-corrected chi connectivity index (χ3v) is 1.66. The lowest BCUT2D eigenvalue weighted by Crippen LogP contribution is -1.94. The molecule has 0 saturated heterocycles. The van der Waals surface area contributed by atoms with Crippen molar-refractivity contribution in [3.8, 4) is 0 Å². The van der Waals surface area contributed by atoms with Gasteiger partial charge in [-0.3, -0.25) is 4.98 Å². The van der Waals surface area contributed by atoms with Gasteiger partial charge in [0.05, 0.1) is 0 Å². The molecule has 0 aliphatic rings. The first kappa shape index (κ1) is 12.5. The van der Waals surface area contributed by atoms with Gasteiger partial charge >= 0.3 is 6.15 Å². The van der Waals surface area contributed by atoms with Crippen molar-refractivity contribution >= 4 is 6.15 Å². The second-order valence-corrected chi connectivity index (χ2v) is 2.57. The van der Waals surface area contributed by atoms with Crippen LogP contribution in [0, 0.1) is 0 Å². The molecular formula is C10H13NO3. The maximum Gasteiger partial charge on any atom is 0.373 e. The zero-order valence-corrected chi connectivity index (χ0v) is 8.06. The number of aromatic nitrogens is 1. The summed E-state index contributed by atoms with van der Waals surface area (Å²) >= 11 is 0. The zero-order chi connectivity index (χ0) is 10.8. The molecule has 1 rings (SSSR count). The first-order valence-corrected chi connectivity index (χ1v) is 4.32. The predicted octanol–water partition coefficient (Wildman–Crippen LogP) is 0.595. The van der Waals surface area contributed by atoms with Gasteiger partial charge in [0.1, 0.15) is 0 Å². The molecule has 1 aromatic rings. The van der Waals surface area contributed by atoms with Crippen LogP contribution < -0.4 is 0 Å². The van der Waals surface area contributed by atoms with Crippen LogP contribution in [0.3, 0.4) is 0 Å². The van der Waals surface area contributed by atoms with Gasteiger partial charge in [-0.25, -0.2) is 0 Å². The standard InChI is InChI=1S/C9H13NO.CO2/c1-2-8-3-4-9(5-6-11)10-7-8;2-1-3/h3-4,7,11H,2,5-6H2,1H3;. The summed E-state index contributed by atoms with van der Waals surface area (Å²) in [7, 11) is 0. The molecular weight excluding hydrogens is 182 g/mol. The van der Waals surface area contributed by atoms with E-state index < -0.39 is 0 Å². The summed E-state index contributed by atoms with van der Waals surface area (Å²) < 4.78 is 0. The fourth-order valence-corrected chi connectivity index (χ4v) is 0.927. The third-order valence-electron chi connectivity index (χ3n) is 1.66. The van der Waals surface area contributed by atoms with Crippen LogP contribution in [-0.4, -0.2) is 22.8 Å². The SMILES string of the molecule is CCc1ccc(CCO)nc1.O=C=O. The van der Waals surface area contributed by atoms with Crippen molar-refractivity contribution in [1.82, 2.24) is 4.98 Å². The first-order valence-electron chi connectivity index (χ1n) is 4.32. The van der Waals surface area contributed by atoms with Gasteiger partial charge in [-0.15, -0.1) is 0 Å². The molecule has 0 aliphatic heterocycles. The molecule has 0 atom stereocenters. The summed E-state index contributed by atoms with van der Waals surface area (Å²) in [6, 6.07) is 4.02. The van der Waals surface area contributed by atoms with E-state index in [0.29, 0.717) is 6.42 Å². The molecule has 1 N–H and O–H groups in total. The maximum atomic E-state index is 8.61. The Kier molecular flexibility index (Phi) is 7.23. The lowest BCUT2D eigenvalue weighted by atomic mass is 10.2. The number of nitrogens with zero attached hydrogens (tertiary/aromatic N) is 1. The van der Waals surface area contributed by atoms with Gasteiger partial charge < -0.3 is 5.11 Å². The van der Waals surface area contributed by atoms with E-state index in [0.717, 1.165) is 12.1 Å². The van der Waals surface area contributed by atoms with E-state index in [4.69, 9.17) is 14.7 Å². The minimum atomic E-state index is 0.179. The summed E-state index contributed by atoms with van der Waals surface area (Å²) in [5.74, 6) is 0. The van der Waals surface area contributed by atoms with Crippen LogP contribution in [0.5, 0.6) is 0 Å². The Hall–Kier alpha value is -1.51. The van der Waals surface area contributed by atoms with E-state index in [-0.39, 0.29) is 12.8 Å². The molecule has 14 heavy (non-hydrogen) atoms. The molecule has 1 aromatic heterocycles. The third kappa shape index (κ3) is 5.19. The Labute approximate surface area is 82.6 Å². The summed E-state index contributed by atoms with van der Waals surface area (Å²) in [5, 5.41) is 8.61. The van der Waals surface area contributed by atoms with Gasteiger partial charge in [-0.1, -0.05) is 13.0 Å². The molecule has 0 unspecified atom stereocenters. The van der Waals surface area contributed by atoms with Crippen LogP contribution in [0.25, 0.3) is 0 Å². The van der Waals surface area contributed by atoms with E-state index in [9.17, 15) is 0 Å². The van der Waals surface area contributed by atoms with Crippen LogP contribution in [0.15, 0.2) is 18.3 Å². The Morgan fingerprint density at radius 1 is 1.43 bits per heavy atom. The van der Waals surface area contributed by atoms with Gasteiger partial charge in [0.15, 0.2) is 0 Å². The zero-order valence-electron chi connectivity index (χ0n) is 8.06. The highest BCUT2D eigenvalue weighted by Gasteiger charge is 1.92. The molecule has 0 aromatic carbocycles. The minimum absolute atomic E-state index is 0.179. The number of hydrogen-bond acceptors (Lipinski definition) is 4. The topological polar surface area (TPSA) is 67.3 Å². The molecule has 0 radical (unpaired) electrons. The van der Waals surface area contributed by atoms with Crippen LogP contribution >= 0.6 is 0 Å². The number of aliphatic hydroxyl groups is 1. The number of carbonyl (C=O) groups excluding carboxylic acids is 2. The van der Waals surface area contributed by atoms with E-state index in [1.165, 1.54) is 5.56 Å². The second-order valence-electron chi connectivity index (χ2n) is 2.57. The highest BCUT2D eigenvalue weighted by molar-refractivity contribution is 5.20. The van der Waals surface area contributed by atoms with E-state index in [1.54, 1.807) is 0 Å². The molecule has 4 heteroatoms. The van der Waals surface area contributed by atoms with Crippen LogP contribution in [0.4, 0.5) is 0 Å². The highest BCUT2D eigenvalue weighted by Crippen LogP contribution is 2.00. The average molecular weight is 195 g/mol. The molecule has 4 nitrogen and oxygen atoms in total. The van der Waals surface area contributed by atoms with Gasteiger partial charge in [-0.2, -0.15) is 9.59 Å². The lowest BCUT2D eigenvalue weighted by Gasteiger charge is -1.98. The van der Waals surface area contributed by atoms with E-state index in [1.807, 2.05) is 12.3 Å². The van der Waals surface area contributed by atoms with Gasteiger partial charge in [0.25, 0.3) is 0 Å². The number of rotatable bonds is 3. The molecule has 76 valence electrons. The lowest BCUT2D eigenvalue weighted by molar-refractivity contribution is -0.191. The van der Waals surface area contributed by atoms with E-state index in [2.05, 4.69) is 18.0 Å². The van der Waals surface area contributed by atoms with Gasteiger partial charge in [0, 0.05) is 24.9 Å². The Morgan fingerprint density at radius 2 is 2.07 bits per heavy atom. The fraction of sp³-hybridized carbons (Fsp3) is 0.400. The molecule has 0 saturated carbocycles. The predicted molar refractivity (Wildman–Crippen MR) is 49.4 cm³/mol. The summed E-state index contributed by atoms with van der Waals surface area (Å²) in [5.41, 5.74) is 2.20. The quantitative estimate of drug-likeness (QED) is 0.766. The number of hydrogen-bond donors (Lipinski definition) is 1. The average Bonchev–Trinajstić information content (AvgIpc) is 2.21. The monoisotopic (exact) mass is 195 g/mol. The smallest absolute Gasteiger partial charge is 0.373 e. The Morgan fingerprint density at radius 3 is 2.43 bits per heavy atom. The van der Waals surface area contributed by atoms with Crippen LogP contribution in [-0.2, 0) is 22.4 Å². The van der Waals surface area contributed by atoms with Crippen molar-refractivity contribution in [2.75, 3.05) is 6.61 Å². The van der Waals surface area contributed by atoms with Gasteiger partial charge in [0.2, 0.25) is 0 Å². The number of aliphatic hydroxyl groups excluding tert-OH is 1. The normalized spacial score (nSPS) is 8.43. The summed E-state index contributed by atoms with van der Waals surface area (Å²) in [4.78, 5) is 20.4. The molecule has 0 spiro atoms. The number of pyridine rings is 1. The van der Waals surface area contributed by atoms with Crippen molar-refractivity contribution in [2.24, 2.45) is 0 Å². The largest absolute Gasteiger partial charge is 0.396 e. The van der Waals surface area contributed by atoms with Crippen LogP contribution in [0.2, 0.25) is 0 Å². The fourth-order valence-electron chi connectivity index (χ4n) is 0.927. The highest BCUT2D eigenvalue weighted by atomic mass is 16.3. The molecule has 0 aliphatic carbocycles. The molecule has 0 fully saturated rings. The first-order chi connectivity index (χ1) is 6.78. The van der Waals surface area contributed by atoms with Gasteiger partial charge in [-0.05, 0) is 18.1 Å². The van der Waals surface area contributed by atoms with Crippen molar-refractivity contribution in [1.29, 1.82) is 0 Å². The molecule has 1 heterocycles. The van der Waals surface area contributed by atoms with Crippen LogP contribution in [0.1, 0.15) is 18.2 Å². The second kappa shape index (κ2) is 8.10. The van der Waals surface area contributed by atoms with Crippen molar-refractivity contribution < 1.29 is 14.7 Å². The molecule has 0 bridgehead atoms. The number of aryl methyl sites for hydroxylation is 1. The molecule has 0 amide bonds. The minimum Gasteiger partial charge on any atom is -0.396 e. The maximum absolute atomic E-state index is 8.61.